The van der Waals surface area contributed by atoms with E-state index in [4.69, 9.17) is 4.74 Å². The molecular formula is C13H19FO2. The molecule has 90 valence electrons. The molecule has 16 heavy (non-hydrogen) atoms. The molecule has 0 aliphatic heterocycles. The lowest BCUT2D eigenvalue weighted by Gasteiger charge is -2.18. The summed E-state index contributed by atoms with van der Waals surface area (Å²) in [4.78, 5) is 0. The molecule has 1 N–H and O–H groups in total. The number of hydrogen-bond donors (Lipinski definition) is 1. The predicted octanol–water partition coefficient (Wildman–Crippen LogP) is 2.32. The maximum Gasteiger partial charge on any atom is 0.123 e. The second kappa shape index (κ2) is 5.97. The highest BCUT2D eigenvalue weighted by Gasteiger charge is 2.15. The maximum atomic E-state index is 12.9. The molecule has 2 atom stereocenters. The molecule has 0 fully saturated rings. The van der Waals surface area contributed by atoms with Crippen molar-refractivity contribution in [3.8, 4) is 0 Å². The molecule has 2 unspecified atom stereocenters. The van der Waals surface area contributed by atoms with Crippen LogP contribution in [0.2, 0.25) is 0 Å². The first-order valence-electron chi connectivity index (χ1n) is 5.46. The van der Waals surface area contributed by atoms with E-state index in [0.29, 0.717) is 13.0 Å². The first kappa shape index (κ1) is 13.1. The second-order valence-corrected chi connectivity index (χ2v) is 4.27. The lowest BCUT2D eigenvalue weighted by molar-refractivity contribution is 0.0574. The number of hydrogen-bond acceptors (Lipinski definition) is 2. The summed E-state index contributed by atoms with van der Waals surface area (Å²) < 4.78 is 17.9. The molecule has 0 aliphatic rings. The van der Waals surface area contributed by atoms with Gasteiger partial charge >= 0.3 is 0 Å². The van der Waals surface area contributed by atoms with Crippen LogP contribution in [0.25, 0.3) is 0 Å². The van der Waals surface area contributed by atoms with Crippen LogP contribution in [-0.4, -0.2) is 24.9 Å². The molecule has 0 radical (unpaired) electrons. The van der Waals surface area contributed by atoms with Crippen LogP contribution in [-0.2, 0) is 11.2 Å². The van der Waals surface area contributed by atoms with E-state index in [1.807, 2.05) is 13.8 Å². The number of aliphatic hydroxyl groups is 1. The van der Waals surface area contributed by atoms with Crippen molar-refractivity contribution in [3.63, 3.8) is 0 Å². The molecule has 0 heterocycles. The van der Waals surface area contributed by atoms with Gasteiger partial charge in [-0.2, -0.15) is 0 Å². The van der Waals surface area contributed by atoms with E-state index in [2.05, 4.69) is 0 Å². The van der Waals surface area contributed by atoms with Gasteiger partial charge < -0.3 is 9.84 Å². The number of ether oxygens (including phenoxy) is 1. The van der Waals surface area contributed by atoms with Gasteiger partial charge in [0.2, 0.25) is 0 Å². The first-order valence-corrected chi connectivity index (χ1v) is 5.46. The fourth-order valence-corrected chi connectivity index (χ4v) is 1.69. The van der Waals surface area contributed by atoms with Crippen molar-refractivity contribution in [1.82, 2.24) is 0 Å². The average molecular weight is 226 g/mol. The van der Waals surface area contributed by atoms with Crippen molar-refractivity contribution in [2.75, 3.05) is 13.7 Å². The molecule has 0 aromatic heterocycles. The quantitative estimate of drug-likeness (QED) is 0.835. The minimum atomic E-state index is -0.455. The van der Waals surface area contributed by atoms with E-state index < -0.39 is 6.10 Å². The summed E-state index contributed by atoms with van der Waals surface area (Å²) in [6.07, 6.45) is 0.0838. The van der Waals surface area contributed by atoms with Gasteiger partial charge in [0.05, 0.1) is 12.7 Å². The van der Waals surface area contributed by atoms with Crippen LogP contribution in [0.3, 0.4) is 0 Å². The van der Waals surface area contributed by atoms with Gasteiger partial charge in [0.1, 0.15) is 5.82 Å². The van der Waals surface area contributed by atoms with Crippen molar-refractivity contribution in [3.05, 3.63) is 35.1 Å². The zero-order chi connectivity index (χ0) is 12.1. The van der Waals surface area contributed by atoms with Crippen molar-refractivity contribution in [2.24, 2.45) is 5.92 Å². The number of benzene rings is 1. The van der Waals surface area contributed by atoms with Crippen LogP contribution in [0, 0.1) is 18.7 Å². The van der Waals surface area contributed by atoms with Crippen LogP contribution in [0.15, 0.2) is 18.2 Å². The lowest BCUT2D eigenvalue weighted by atomic mass is 9.96. The van der Waals surface area contributed by atoms with E-state index in [1.54, 1.807) is 13.2 Å². The minimum Gasteiger partial charge on any atom is -0.392 e. The van der Waals surface area contributed by atoms with Crippen molar-refractivity contribution < 1.29 is 14.2 Å². The van der Waals surface area contributed by atoms with Gasteiger partial charge in [-0.1, -0.05) is 13.0 Å². The zero-order valence-electron chi connectivity index (χ0n) is 10.0. The standard InChI is InChI=1S/C13H19FO2/c1-9-6-12(14)5-4-11(9)7-13(15)10(2)8-16-3/h4-6,10,13,15H,7-8H2,1-3H3. The summed E-state index contributed by atoms with van der Waals surface area (Å²) in [6.45, 7) is 4.32. The summed E-state index contributed by atoms with van der Waals surface area (Å²) in [5.41, 5.74) is 1.86. The van der Waals surface area contributed by atoms with Crippen LogP contribution < -0.4 is 0 Å². The summed E-state index contributed by atoms with van der Waals surface area (Å²) in [6, 6.07) is 4.65. The molecule has 0 aliphatic carbocycles. The largest absolute Gasteiger partial charge is 0.392 e. The number of halogens is 1. The Morgan fingerprint density at radius 1 is 1.44 bits per heavy atom. The molecule has 1 rings (SSSR count). The van der Waals surface area contributed by atoms with Gasteiger partial charge in [-0.05, 0) is 36.6 Å². The van der Waals surface area contributed by atoms with Crippen LogP contribution >= 0.6 is 0 Å². The molecule has 1 aromatic rings. The van der Waals surface area contributed by atoms with E-state index in [9.17, 15) is 9.50 Å². The van der Waals surface area contributed by atoms with Crippen molar-refractivity contribution >= 4 is 0 Å². The molecule has 0 saturated heterocycles. The molecule has 0 saturated carbocycles. The van der Waals surface area contributed by atoms with E-state index >= 15 is 0 Å². The smallest absolute Gasteiger partial charge is 0.123 e. The minimum absolute atomic E-state index is 0.0782. The monoisotopic (exact) mass is 226 g/mol. The highest BCUT2D eigenvalue weighted by atomic mass is 19.1. The summed E-state index contributed by atoms with van der Waals surface area (Å²) in [7, 11) is 1.62. The molecule has 3 heteroatoms. The van der Waals surface area contributed by atoms with Crippen LogP contribution in [0.5, 0.6) is 0 Å². The normalized spacial score (nSPS) is 14.8. The predicted molar refractivity (Wildman–Crippen MR) is 61.9 cm³/mol. The Balaban J connectivity index is 2.65. The van der Waals surface area contributed by atoms with Crippen molar-refractivity contribution in [1.29, 1.82) is 0 Å². The Morgan fingerprint density at radius 3 is 2.69 bits per heavy atom. The van der Waals surface area contributed by atoms with Crippen LogP contribution in [0.1, 0.15) is 18.1 Å². The van der Waals surface area contributed by atoms with Gasteiger partial charge in [0, 0.05) is 13.0 Å². The summed E-state index contributed by atoms with van der Waals surface area (Å²) in [5, 5.41) is 9.92. The van der Waals surface area contributed by atoms with E-state index in [1.165, 1.54) is 12.1 Å². The number of aliphatic hydroxyl groups excluding tert-OH is 1. The Hall–Kier alpha value is -0.930. The number of rotatable bonds is 5. The zero-order valence-corrected chi connectivity index (χ0v) is 10.0. The Labute approximate surface area is 96.1 Å². The summed E-state index contributed by atoms with van der Waals surface area (Å²) >= 11 is 0. The molecular weight excluding hydrogens is 207 g/mol. The maximum absolute atomic E-state index is 12.9. The van der Waals surface area contributed by atoms with E-state index in [-0.39, 0.29) is 11.7 Å². The second-order valence-electron chi connectivity index (χ2n) is 4.27. The molecule has 0 bridgehead atoms. The third-order valence-electron chi connectivity index (χ3n) is 2.82. The SMILES string of the molecule is COCC(C)C(O)Cc1ccc(F)cc1C. The molecule has 2 nitrogen and oxygen atoms in total. The fraction of sp³-hybridized carbons (Fsp3) is 0.538. The molecule has 1 aromatic carbocycles. The first-order chi connectivity index (χ1) is 7.54. The van der Waals surface area contributed by atoms with Gasteiger partial charge in [0.15, 0.2) is 0 Å². The van der Waals surface area contributed by atoms with Crippen molar-refractivity contribution in [2.45, 2.75) is 26.4 Å². The Morgan fingerprint density at radius 2 is 2.12 bits per heavy atom. The van der Waals surface area contributed by atoms with E-state index in [0.717, 1.165) is 11.1 Å². The van der Waals surface area contributed by atoms with Crippen LogP contribution in [0.4, 0.5) is 4.39 Å². The highest BCUT2D eigenvalue weighted by Crippen LogP contribution is 2.15. The third-order valence-corrected chi connectivity index (χ3v) is 2.82. The van der Waals surface area contributed by atoms with Gasteiger partial charge in [-0.3, -0.25) is 0 Å². The topological polar surface area (TPSA) is 29.5 Å². The number of methoxy groups -OCH3 is 1. The van der Waals surface area contributed by atoms with Gasteiger partial charge in [0.25, 0.3) is 0 Å². The highest BCUT2D eigenvalue weighted by molar-refractivity contribution is 5.27. The number of aryl methyl sites for hydroxylation is 1. The van der Waals surface area contributed by atoms with Gasteiger partial charge in [-0.15, -0.1) is 0 Å². The Bertz CT molecular complexity index is 339. The third kappa shape index (κ3) is 3.58. The Kier molecular flexibility index (Phi) is 4.90. The molecule has 0 spiro atoms. The summed E-state index contributed by atoms with van der Waals surface area (Å²) in [5.74, 6) is -0.157. The van der Waals surface area contributed by atoms with Gasteiger partial charge in [-0.25, -0.2) is 4.39 Å². The fourth-order valence-electron chi connectivity index (χ4n) is 1.69. The molecule has 0 amide bonds. The lowest BCUT2D eigenvalue weighted by Crippen LogP contribution is -2.24. The average Bonchev–Trinajstić information content (AvgIpc) is 2.22.